The summed E-state index contributed by atoms with van der Waals surface area (Å²) >= 11 is 0. The van der Waals surface area contributed by atoms with Crippen molar-refractivity contribution in [1.29, 1.82) is 0 Å². The van der Waals surface area contributed by atoms with Crippen molar-refractivity contribution >= 4 is 0 Å². The summed E-state index contributed by atoms with van der Waals surface area (Å²) in [5.41, 5.74) is 2.85. The molecule has 0 aliphatic rings. The lowest BCUT2D eigenvalue weighted by Gasteiger charge is -2.16. The molecule has 0 saturated heterocycles. The maximum atomic E-state index is 3.46. The molecular formula is C18H32N2. The second-order valence-corrected chi connectivity index (χ2v) is 6.12. The lowest BCUT2D eigenvalue weighted by Crippen LogP contribution is -2.24. The molecule has 20 heavy (non-hydrogen) atoms. The molecule has 0 aliphatic heterocycles. The minimum absolute atomic E-state index is 0.575. The molecule has 0 saturated carbocycles. The number of rotatable bonds is 10. The molecule has 0 heterocycles. The zero-order valence-electron chi connectivity index (χ0n) is 13.8. The zero-order chi connectivity index (χ0) is 14.8. The molecule has 1 aromatic rings. The predicted octanol–water partition coefficient (Wildman–Crippen LogP) is 3.85. The molecule has 0 radical (unpaired) electrons. The summed E-state index contributed by atoms with van der Waals surface area (Å²) in [7, 11) is 2.22. The molecule has 0 fully saturated rings. The maximum Gasteiger partial charge on any atom is 0.0230 e. The summed E-state index contributed by atoms with van der Waals surface area (Å²) in [5.74, 6) is 0. The quantitative estimate of drug-likeness (QED) is 0.653. The Bertz CT molecular complexity index is 343. The van der Waals surface area contributed by atoms with Crippen molar-refractivity contribution in [3.05, 3.63) is 35.4 Å². The normalized spacial score (nSPS) is 11.5. The summed E-state index contributed by atoms with van der Waals surface area (Å²) in [4.78, 5) is 2.42. The topological polar surface area (TPSA) is 15.3 Å². The first-order chi connectivity index (χ1) is 9.61. The van der Waals surface area contributed by atoms with E-state index in [1.54, 1.807) is 0 Å². The molecule has 0 unspecified atom stereocenters. The first-order valence-electron chi connectivity index (χ1n) is 8.11. The van der Waals surface area contributed by atoms with E-state index < -0.39 is 0 Å². The van der Waals surface area contributed by atoms with E-state index >= 15 is 0 Å². The summed E-state index contributed by atoms with van der Waals surface area (Å²) in [6.45, 7) is 9.97. The Balaban J connectivity index is 2.30. The number of unbranched alkanes of at least 4 members (excludes halogenated alkanes) is 2. The highest BCUT2D eigenvalue weighted by Crippen LogP contribution is 2.08. The molecule has 1 aromatic carbocycles. The Hall–Kier alpha value is -0.860. The van der Waals surface area contributed by atoms with Crippen molar-refractivity contribution in [3.8, 4) is 0 Å². The highest BCUT2D eigenvalue weighted by Gasteiger charge is 2.01. The van der Waals surface area contributed by atoms with Gasteiger partial charge in [-0.25, -0.2) is 0 Å². The minimum Gasteiger partial charge on any atom is -0.314 e. The first-order valence-corrected chi connectivity index (χ1v) is 8.11. The molecule has 0 atom stereocenters. The fourth-order valence-corrected chi connectivity index (χ4v) is 2.34. The van der Waals surface area contributed by atoms with Crippen LogP contribution in [0.25, 0.3) is 0 Å². The van der Waals surface area contributed by atoms with Crippen LogP contribution in [0.3, 0.4) is 0 Å². The highest BCUT2D eigenvalue weighted by atomic mass is 15.1. The minimum atomic E-state index is 0.575. The highest BCUT2D eigenvalue weighted by molar-refractivity contribution is 5.22. The van der Waals surface area contributed by atoms with Crippen LogP contribution in [-0.4, -0.2) is 31.1 Å². The molecule has 0 bridgehead atoms. The van der Waals surface area contributed by atoms with Crippen molar-refractivity contribution < 1.29 is 0 Å². The van der Waals surface area contributed by atoms with E-state index in [0.29, 0.717) is 6.04 Å². The van der Waals surface area contributed by atoms with E-state index in [9.17, 15) is 0 Å². The molecule has 1 rings (SSSR count). The second kappa shape index (κ2) is 9.95. The smallest absolute Gasteiger partial charge is 0.0230 e. The number of nitrogens with zero attached hydrogens (tertiary/aromatic N) is 1. The van der Waals surface area contributed by atoms with Crippen molar-refractivity contribution in [1.82, 2.24) is 10.2 Å². The van der Waals surface area contributed by atoms with Crippen LogP contribution in [0.4, 0.5) is 0 Å². The maximum absolute atomic E-state index is 3.46. The van der Waals surface area contributed by atoms with Gasteiger partial charge < -0.3 is 10.2 Å². The van der Waals surface area contributed by atoms with Crippen LogP contribution >= 0.6 is 0 Å². The number of hydrogen-bond acceptors (Lipinski definition) is 2. The summed E-state index contributed by atoms with van der Waals surface area (Å²) in [6.07, 6.45) is 5.07. The van der Waals surface area contributed by atoms with Gasteiger partial charge in [-0.05, 0) is 44.1 Å². The lowest BCUT2D eigenvalue weighted by molar-refractivity contribution is 0.318. The van der Waals surface area contributed by atoms with Crippen LogP contribution in [0.15, 0.2) is 24.3 Å². The third-order valence-electron chi connectivity index (χ3n) is 3.59. The second-order valence-electron chi connectivity index (χ2n) is 6.12. The Morgan fingerprint density at radius 3 is 2.30 bits per heavy atom. The van der Waals surface area contributed by atoms with E-state index in [2.05, 4.69) is 62.3 Å². The van der Waals surface area contributed by atoms with Gasteiger partial charge in [-0.1, -0.05) is 57.9 Å². The predicted molar refractivity (Wildman–Crippen MR) is 89.1 cm³/mol. The van der Waals surface area contributed by atoms with Crippen molar-refractivity contribution in [2.45, 2.75) is 59.0 Å². The monoisotopic (exact) mass is 276 g/mol. The Labute approximate surface area is 125 Å². The molecule has 1 N–H and O–H groups in total. The Morgan fingerprint density at radius 1 is 1.05 bits per heavy atom. The number of nitrogens with one attached hydrogen (secondary N) is 1. The van der Waals surface area contributed by atoms with E-state index in [0.717, 1.165) is 19.5 Å². The van der Waals surface area contributed by atoms with Crippen LogP contribution in [0.5, 0.6) is 0 Å². The standard InChI is InChI=1S/C18H32N2/c1-5-6-7-14-20(4)15-18-10-8-17(9-11-18)12-13-19-16(2)3/h8-11,16,19H,5-7,12-15H2,1-4H3. The van der Waals surface area contributed by atoms with Gasteiger partial charge in [0.05, 0.1) is 0 Å². The van der Waals surface area contributed by atoms with Gasteiger partial charge >= 0.3 is 0 Å². The molecule has 0 amide bonds. The van der Waals surface area contributed by atoms with Crippen LogP contribution in [0.2, 0.25) is 0 Å². The average molecular weight is 276 g/mol. The summed E-state index contributed by atoms with van der Waals surface area (Å²) in [6, 6.07) is 9.68. The fraction of sp³-hybridized carbons (Fsp3) is 0.667. The van der Waals surface area contributed by atoms with Crippen LogP contribution < -0.4 is 5.32 Å². The van der Waals surface area contributed by atoms with Crippen LogP contribution in [0, 0.1) is 0 Å². The molecular weight excluding hydrogens is 244 g/mol. The van der Waals surface area contributed by atoms with E-state index in [1.165, 1.54) is 36.9 Å². The van der Waals surface area contributed by atoms with Crippen LogP contribution in [-0.2, 0) is 13.0 Å². The largest absolute Gasteiger partial charge is 0.314 e. The van der Waals surface area contributed by atoms with Gasteiger partial charge in [0.1, 0.15) is 0 Å². The first kappa shape index (κ1) is 17.2. The average Bonchev–Trinajstić information content (AvgIpc) is 2.41. The molecule has 0 spiro atoms. The van der Waals surface area contributed by atoms with Gasteiger partial charge in [0.15, 0.2) is 0 Å². The van der Waals surface area contributed by atoms with Gasteiger partial charge in [0.25, 0.3) is 0 Å². The summed E-state index contributed by atoms with van der Waals surface area (Å²) in [5, 5.41) is 3.46. The molecule has 2 heteroatoms. The fourth-order valence-electron chi connectivity index (χ4n) is 2.34. The summed E-state index contributed by atoms with van der Waals surface area (Å²) < 4.78 is 0. The van der Waals surface area contributed by atoms with E-state index in [1.807, 2.05) is 0 Å². The van der Waals surface area contributed by atoms with Crippen molar-refractivity contribution in [2.75, 3.05) is 20.1 Å². The van der Waals surface area contributed by atoms with Gasteiger partial charge in [0.2, 0.25) is 0 Å². The third kappa shape index (κ3) is 7.66. The Morgan fingerprint density at radius 2 is 1.70 bits per heavy atom. The number of benzene rings is 1. The SMILES string of the molecule is CCCCCN(C)Cc1ccc(CCNC(C)C)cc1. The van der Waals surface area contributed by atoms with Crippen LogP contribution in [0.1, 0.15) is 51.2 Å². The van der Waals surface area contributed by atoms with Crippen molar-refractivity contribution in [3.63, 3.8) is 0 Å². The van der Waals surface area contributed by atoms with Gasteiger partial charge in [-0.2, -0.15) is 0 Å². The molecule has 0 aromatic heterocycles. The lowest BCUT2D eigenvalue weighted by atomic mass is 10.1. The molecule has 2 nitrogen and oxygen atoms in total. The number of hydrogen-bond donors (Lipinski definition) is 1. The van der Waals surface area contributed by atoms with E-state index in [4.69, 9.17) is 0 Å². The third-order valence-corrected chi connectivity index (χ3v) is 3.59. The van der Waals surface area contributed by atoms with Gasteiger partial charge in [0, 0.05) is 12.6 Å². The molecule has 0 aliphatic carbocycles. The zero-order valence-corrected chi connectivity index (χ0v) is 13.8. The van der Waals surface area contributed by atoms with Gasteiger partial charge in [-0.15, -0.1) is 0 Å². The Kier molecular flexibility index (Phi) is 8.56. The van der Waals surface area contributed by atoms with Crippen molar-refractivity contribution in [2.24, 2.45) is 0 Å². The van der Waals surface area contributed by atoms with E-state index in [-0.39, 0.29) is 0 Å². The molecule has 114 valence electrons. The van der Waals surface area contributed by atoms with Gasteiger partial charge in [-0.3, -0.25) is 0 Å².